The lowest BCUT2D eigenvalue weighted by Crippen LogP contribution is -2.48. The summed E-state index contributed by atoms with van der Waals surface area (Å²) in [4.78, 5) is 17.1. The molecule has 0 aliphatic carbocycles. The van der Waals surface area contributed by atoms with Gasteiger partial charge in [-0.05, 0) is 30.5 Å². The van der Waals surface area contributed by atoms with E-state index >= 15 is 0 Å². The molecule has 2 fully saturated rings. The summed E-state index contributed by atoms with van der Waals surface area (Å²) >= 11 is 6.32. The van der Waals surface area contributed by atoms with Crippen molar-refractivity contribution < 1.29 is 17.9 Å². The van der Waals surface area contributed by atoms with E-state index in [1.807, 2.05) is 4.90 Å². The highest BCUT2D eigenvalue weighted by molar-refractivity contribution is 6.33. The van der Waals surface area contributed by atoms with Crippen LogP contribution < -0.4 is 10.5 Å². The van der Waals surface area contributed by atoms with Crippen molar-refractivity contribution in [2.24, 2.45) is 5.92 Å². The standard InChI is InChI=1S/C20H22ClF3N4O2/c21-18-17(27-7-5-26(6-8-27)12-14-4-9-30-13-14)11-25-28(19(18)29)16-3-1-2-15(10-16)20(22,23)24/h1-3,10-11,14H,4-9,12-13H2. The second-order valence-electron chi connectivity index (χ2n) is 7.63. The van der Waals surface area contributed by atoms with E-state index in [1.54, 1.807) is 0 Å². The monoisotopic (exact) mass is 442 g/mol. The van der Waals surface area contributed by atoms with Gasteiger partial charge < -0.3 is 9.64 Å². The molecule has 2 aromatic rings. The number of hydrogen-bond acceptors (Lipinski definition) is 5. The summed E-state index contributed by atoms with van der Waals surface area (Å²) in [7, 11) is 0. The molecule has 1 aromatic heterocycles. The van der Waals surface area contributed by atoms with E-state index in [0.29, 0.717) is 24.7 Å². The van der Waals surface area contributed by atoms with E-state index in [4.69, 9.17) is 16.3 Å². The lowest BCUT2D eigenvalue weighted by atomic mass is 10.1. The maximum atomic E-state index is 13.0. The van der Waals surface area contributed by atoms with Crippen molar-refractivity contribution in [3.8, 4) is 5.69 Å². The number of piperazine rings is 1. The third kappa shape index (κ3) is 4.48. The molecule has 162 valence electrons. The van der Waals surface area contributed by atoms with Crippen LogP contribution in [0.4, 0.5) is 18.9 Å². The minimum absolute atomic E-state index is 0.0203. The quantitative estimate of drug-likeness (QED) is 0.728. The topological polar surface area (TPSA) is 50.6 Å². The largest absolute Gasteiger partial charge is 0.416 e. The Hall–Kier alpha value is -2.10. The molecular weight excluding hydrogens is 421 g/mol. The van der Waals surface area contributed by atoms with Gasteiger partial charge in [-0.1, -0.05) is 17.7 Å². The molecule has 0 spiro atoms. The lowest BCUT2D eigenvalue weighted by molar-refractivity contribution is -0.137. The molecule has 2 aliphatic rings. The minimum Gasteiger partial charge on any atom is -0.381 e. The molecule has 1 aromatic carbocycles. The van der Waals surface area contributed by atoms with Crippen LogP contribution in [0, 0.1) is 5.92 Å². The Balaban J connectivity index is 1.49. The Morgan fingerprint density at radius 2 is 1.97 bits per heavy atom. The molecule has 1 atom stereocenters. The van der Waals surface area contributed by atoms with E-state index < -0.39 is 17.3 Å². The van der Waals surface area contributed by atoms with Crippen molar-refractivity contribution in [1.82, 2.24) is 14.7 Å². The molecule has 0 radical (unpaired) electrons. The zero-order valence-electron chi connectivity index (χ0n) is 16.2. The first-order valence-corrected chi connectivity index (χ1v) is 10.2. The molecule has 2 saturated heterocycles. The molecule has 0 bridgehead atoms. The molecular formula is C20H22ClF3N4O2. The first kappa shape index (κ1) is 21.1. The van der Waals surface area contributed by atoms with Gasteiger partial charge in [-0.25, -0.2) is 0 Å². The Labute approximate surface area is 176 Å². The molecule has 0 N–H and O–H groups in total. The third-order valence-corrected chi connectivity index (χ3v) is 5.93. The number of aromatic nitrogens is 2. The van der Waals surface area contributed by atoms with E-state index in [-0.39, 0.29) is 10.7 Å². The molecule has 30 heavy (non-hydrogen) atoms. The van der Waals surface area contributed by atoms with E-state index in [9.17, 15) is 18.0 Å². The lowest BCUT2D eigenvalue weighted by Gasteiger charge is -2.37. The van der Waals surface area contributed by atoms with Gasteiger partial charge in [0.05, 0.1) is 29.7 Å². The highest BCUT2D eigenvalue weighted by atomic mass is 35.5. The highest BCUT2D eigenvalue weighted by Gasteiger charge is 2.31. The fourth-order valence-electron chi connectivity index (χ4n) is 3.91. The molecule has 6 nitrogen and oxygen atoms in total. The summed E-state index contributed by atoms with van der Waals surface area (Å²) < 4.78 is 45.3. The average molecular weight is 443 g/mol. The number of rotatable bonds is 4. The Bertz CT molecular complexity index is 952. The highest BCUT2D eigenvalue weighted by Crippen LogP contribution is 2.30. The molecule has 1 unspecified atom stereocenters. The van der Waals surface area contributed by atoms with Crippen LogP contribution in [0.15, 0.2) is 35.3 Å². The van der Waals surface area contributed by atoms with Crippen molar-refractivity contribution in [3.63, 3.8) is 0 Å². The minimum atomic E-state index is -4.51. The van der Waals surface area contributed by atoms with Crippen LogP contribution in [0.5, 0.6) is 0 Å². The fraction of sp³-hybridized carbons (Fsp3) is 0.500. The van der Waals surface area contributed by atoms with Gasteiger partial charge in [0.25, 0.3) is 5.56 Å². The zero-order valence-corrected chi connectivity index (χ0v) is 17.0. The fourth-order valence-corrected chi connectivity index (χ4v) is 4.15. The zero-order chi connectivity index (χ0) is 21.3. The second kappa shape index (κ2) is 8.56. The first-order chi connectivity index (χ1) is 14.3. The number of anilines is 1. The normalized spacial score (nSPS) is 20.7. The van der Waals surface area contributed by atoms with Crippen LogP contribution in [0.3, 0.4) is 0 Å². The number of hydrogen-bond donors (Lipinski definition) is 0. The maximum absolute atomic E-state index is 13.0. The summed E-state index contributed by atoms with van der Waals surface area (Å²) in [5.41, 5.74) is -0.961. The van der Waals surface area contributed by atoms with Crippen LogP contribution >= 0.6 is 11.6 Å². The smallest absolute Gasteiger partial charge is 0.381 e. The van der Waals surface area contributed by atoms with Gasteiger partial charge in [-0.2, -0.15) is 23.0 Å². The van der Waals surface area contributed by atoms with Gasteiger partial charge in [0.2, 0.25) is 0 Å². The molecule has 4 rings (SSSR count). The Kier molecular flexibility index (Phi) is 6.04. The van der Waals surface area contributed by atoms with Crippen LogP contribution in [-0.2, 0) is 10.9 Å². The number of nitrogens with zero attached hydrogens (tertiary/aromatic N) is 4. The molecule has 10 heteroatoms. The third-order valence-electron chi connectivity index (χ3n) is 5.57. The summed E-state index contributed by atoms with van der Waals surface area (Å²) in [5, 5.41) is 4.05. The first-order valence-electron chi connectivity index (χ1n) is 9.83. The number of halogens is 4. The SMILES string of the molecule is O=c1c(Cl)c(N2CCN(CC3CCOC3)CC2)cnn1-c1cccc(C(F)(F)F)c1. The number of alkyl halides is 3. The van der Waals surface area contributed by atoms with Gasteiger partial charge in [0.15, 0.2) is 0 Å². The Morgan fingerprint density at radius 1 is 1.20 bits per heavy atom. The van der Waals surface area contributed by atoms with Gasteiger partial charge in [0.1, 0.15) is 5.02 Å². The van der Waals surface area contributed by atoms with Gasteiger partial charge >= 0.3 is 6.18 Å². The number of ether oxygens (including phenoxy) is 1. The van der Waals surface area contributed by atoms with Crippen LogP contribution in [0.2, 0.25) is 5.02 Å². The van der Waals surface area contributed by atoms with Gasteiger partial charge in [-0.3, -0.25) is 9.69 Å². The van der Waals surface area contributed by atoms with Crippen LogP contribution in [-0.4, -0.2) is 60.6 Å². The predicted octanol–water partition coefficient (Wildman–Crippen LogP) is 3.06. The summed E-state index contributed by atoms with van der Waals surface area (Å²) in [6.07, 6.45) is -1.97. The molecule has 0 amide bonds. The molecule has 2 aliphatic heterocycles. The van der Waals surface area contributed by atoms with Crippen LogP contribution in [0.25, 0.3) is 5.69 Å². The summed E-state index contributed by atoms with van der Waals surface area (Å²) in [5.74, 6) is 0.568. The average Bonchev–Trinajstić information content (AvgIpc) is 3.23. The second-order valence-corrected chi connectivity index (χ2v) is 8.00. The summed E-state index contributed by atoms with van der Waals surface area (Å²) in [6, 6.07) is 4.46. The van der Waals surface area contributed by atoms with Crippen molar-refractivity contribution >= 4 is 17.3 Å². The van der Waals surface area contributed by atoms with Gasteiger partial charge in [0, 0.05) is 39.3 Å². The van der Waals surface area contributed by atoms with Crippen molar-refractivity contribution in [2.45, 2.75) is 12.6 Å². The van der Waals surface area contributed by atoms with Crippen LogP contribution in [0.1, 0.15) is 12.0 Å². The van der Waals surface area contributed by atoms with Crippen molar-refractivity contribution in [1.29, 1.82) is 0 Å². The predicted molar refractivity (Wildman–Crippen MR) is 107 cm³/mol. The summed E-state index contributed by atoms with van der Waals surface area (Å²) in [6.45, 7) is 5.70. The van der Waals surface area contributed by atoms with E-state index in [2.05, 4.69) is 10.00 Å². The van der Waals surface area contributed by atoms with E-state index in [0.717, 1.165) is 56.1 Å². The maximum Gasteiger partial charge on any atom is 0.416 e. The number of benzene rings is 1. The molecule has 3 heterocycles. The van der Waals surface area contributed by atoms with E-state index in [1.165, 1.54) is 18.3 Å². The van der Waals surface area contributed by atoms with Crippen molar-refractivity contribution in [3.05, 3.63) is 51.4 Å². The van der Waals surface area contributed by atoms with Gasteiger partial charge in [-0.15, -0.1) is 0 Å². The van der Waals surface area contributed by atoms with Crippen molar-refractivity contribution in [2.75, 3.05) is 50.8 Å². The Morgan fingerprint density at radius 3 is 2.63 bits per heavy atom. The molecule has 0 saturated carbocycles.